The molecule has 5 rings (SSSR count). The van der Waals surface area contributed by atoms with Gasteiger partial charge in [0, 0.05) is 42.2 Å². The van der Waals surface area contributed by atoms with Gasteiger partial charge in [-0.15, -0.1) is 24.2 Å². The maximum atomic E-state index is 13.9. The van der Waals surface area contributed by atoms with Gasteiger partial charge in [-0.3, -0.25) is 9.59 Å². The second-order valence-electron chi connectivity index (χ2n) is 9.65. The number of ketones is 1. The molecule has 0 bridgehead atoms. The number of benzene rings is 3. The number of likely N-dealkylation sites (tertiary alicyclic amines) is 1. The molecule has 2 aliphatic heterocycles. The summed E-state index contributed by atoms with van der Waals surface area (Å²) < 4.78 is 12.6. The minimum Gasteiger partial charge on any atom is -0.309 e. The lowest BCUT2D eigenvalue weighted by Gasteiger charge is -2.33. The average Bonchev–Trinajstić information content (AvgIpc) is 3.15. The molecule has 7 heteroatoms. The highest BCUT2D eigenvalue weighted by molar-refractivity contribution is 8.00. The molecule has 0 spiro atoms. The fraction of sp³-hybridized carbons (Fsp3) is 0.333. The molecule has 0 aromatic heterocycles. The zero-order valence-electron chi connectivity index (χ0n) is 20.9. The molecule has 1 unspecified atom stereocenters. The quantitative estimate of drug-likeness (QED) is 0.330. The number of para-hydroxylation sites is 1. The third kappa shape index (κ3) is 5.47. The van der Waals surface area contributed by atoms with E-state index >= 15 is 0 Å². The molecule has 1 atom stereocenters. The summed E-state index contributed by atoms with van der Waals surface area (Å²) in [6.07, 6.45) is 4.26. The standard InChI is InChI=1S/C30H31FN2O2S.ClH/c1-36-30(21-22-7-3-2-4-8-22)26-9-5-6-10-27(26)33(29(30)35)20-19-32-17-15-24(16-18-32)28(34)23-11-13-25(31)14-12-23;/h2-14,24H,15-21H2,1H3;1H. The highest BCUT2D eigenvalue weighted by atomic mass is 35.5. The highest BCUT2D eigenvalue weighted by Gasteiger charge is 2.50. The Morgan fingerprint density at radius 2 is 1.59 bits per heavy atom. The second-order valence-corrected chi connectivity index (χ2v) is 10.8. The number of carbonyl (C=O) groups excluding carboxylic acids is 2. The molecule has 1 amide bonds. The fourth-order valence-corrected chi connectivity index (χ4v) is 6.54. The Labute approximate surface area is 228 Å². The van der Waals surface area contributed by atoms with E-state index in [1.165, 1.54) is 12.1 Å². The lowest BCUT2D eigenvalue weighted by Crippen LogP contribution is -2.45. The maximum Gasteiger partial charge on any atom is 0.248 e. The predicted octanol–water partition coefficient (Wildman–Crippen LogP) is 5.99. The van der Waals surface area contributed by atoms with Crippen LogP contribution >= 0.6 is 24.2 Å². The number of amides is 1. The Morgan fingerprint density at radius 1 is 0.946 bits per heavy atom. The Balaban J connectivity index is 0.00000320. The van der Waals surface area contributed by atoms with Gasteiger partial charge in [0.15, 0.2) is 5.78 Å². The van der Waals surface area contributed by atoms with Crippen LogP contribution in [-0.2, 0) is 16.0 Å². The molecule has 2 aliphatic rings. The lowest BCUT2D eigenvalue weighted by molar-refractivity contribution is -0.120. The minimum absolute atomic E-state index is 0. The first-order chi connectivity index (χ1) is 17.5. The summed E-state index contributed by atoms with van der Waals surface area (Å²) in [5.41, 5.74) is 3.84. The number of Topliss-reactive ketones (excluding diaryl/α,β-unsaturated/α-hetero) is 1. The summed E-state index contributed by atoms with van der Waals surface area (Å²) >= 11 is 1.63. The molecule has 0 N–H and O–H groups in total. The topological polar surface area (TPSA) is 40.6 Å². The Kier molecular flexibility index (Phi) is 8.73. The van der Waals surface area contributed by atoms with Gasteiger partial charge in [0.2, 0.25) is 5.91 Å². The summed E-state index contributed by atoms with van der Waals surface area (Å²) in [6, 6.07) is 24.3. The van der Waals surface area contributed by atoms with Gasteiger partial charge in [0.25, 0.3) is 0 Å². The van der Waals surface area contributed by atoms with Crippen molar-refractivity contribution in [3.8, 4) is 0 Å². The number of hydrogen-bond acceptors (Lipinski definition) is 4. The van der Waals surface area contributed by atoms with Crippen molar-refractivity contribution in [2.24, 2.45) is 5.92 Å². The lowest BCUT2D eigenvalue weighted by atomic mass is 9.89. The SMILES string of the molecule is CSC1(Cc2ccccc2)C(=O)N(CCN2CCC(C(=O)c3ccc(F)cc3)CC2)c2ccccc21.Cl. The van der Waals surface area contributed by atoms with Crippen LogP contribution in [0.2, 0.25) is 0 Å². The number of rotatable bonds is 8. The number of anilines is 1. The fourth-order valence-electron chi connectivity index (χ4n) is 5.55. The number of carbonyl (C=O) groups is 2. The molecule has 37 heavy (non-hydrogen) atoms. The molecule has 0 saturated carbocycles. The Hall–Kier alpha value is -2.67. The molecule has 1 saturated heterocycles. The van der Waals surface area contributed by atoms with E-state index < -0.39 is 4.75 Å². The van der Waals surface area contributed by atoms with Crippen LogP contribution in [-0.4, -0.2) is 49.0 Å². The normalized spacial score (nSPS) is 19.9. The summed E-state index contributed by atoms with van der Waals surface area (Å²) in [5, 5.41) is 0. The van der Waals surface area contributed by atoms with Gasteiger partial charge in [-0.2, -0.15) is 0 Å². The van der Waals surface area contributed by atoms with Crippen LogP contribution < -0.4 is 4.90 Å². The molecular formula is C30H32ClFN2O2S. The average molecular weight is 539 g/mol. The molecule has 3 aromatic carbocycles. The maximum absolute atomic E-state index is 13.9. The van der Waals surface area contributed by atoms with E-state index in [2.05, 4.69) is 29.2 Å². The van der Waals surface area contributed by atoms with Crippen LogP contribution in [0.4, 0.5) is 10.1 Å². The molecule has 194 valence electrons. The zero-order chi connectivity index (χ0) is 25.1. The van der Waals surface area contributed by atoms with Gasteiger partial charge in [0.1, 0.15) is 10.6 Å². The molecule has 3 aromatic rings. The smallest absolute Gasteiger partial charge is 0.248 e. The first-order valence-corrected chi connectivity index (χ1v) is 13.8. The first kappa shape index (κ1) is 27.4. The minimum atomic E-state index is -0.619. The monoisotopic (exact) mass is 538 g/mol. The molecular weight excluding hydrogens is 507 g/mol. The summed E-state index contributed by atoms with van der Waals surface area (Å²) in [5.74, 6) is -0.102. The number of fused-ring (bicyclic) bond motifs is 1. The van der Waals surface area contributed by atoms with E-state index in [1.807, 2.05) is 41.5 Å². The van der Waals surface area contributed by atoms with E-state index in [-0.39, 0.29) is 35.8 Å². The van der Waals surface area contributed by atoms with Crippen LogP contribution in [0.3, 0.4) is 0 Å². The Morgan fingerprint density at radius 3 is 2.27 bits per heavy atom. The van der Waals surface area contributed by atoms with Crippen molar-refractivity contribution in [2.45, 2.75) is 24.0 Å². The van der Waals surface area contributed by atoms with Gasteiger partial charge in [-0.05, 0) is 68.1 Å². The van der Waals surface area contributed by atoms with E-state index in [0.717, 1.165) is 49.3 Å². The second kappa shape index (κ2) is 11.8. The highest BCUT2D eigenvalue weighted by Crippen LogP contribution is 2.49. The molecule has 0 radical (unpaired) electrons. The van der Waals surface area contributed by atoms with Gasteiger partial charge < -0.3 is 9.80 Å². The predicted molar refractivity (Wildman–Crippen MR) is 151 cm³/mol. The molecule has 1 fully saturated rings. The van der Waals surface area contributed by atoms with Crippen LogP contribution in [0.1, 0.15) is 34.3 Å². The van der Waals surface area contributed by atoms with Crippen molar-refractivity contribution in [3.63, 3.8) is 0 Å². The third-order valence-corrected chi connectivity index (χ3v) is 8.83. The number of piperidine rings is 1. The Bertz CT molecular complexity index is 1230. The summed E-state index contributed by atoms with van der Waals surface area (Å²) in [7, 11) is 0. The van der Waals surface area contributed by atoms with Gasteiger partial charge in [-0.1, -0.05) is 48.5 Å². The summed E-state index contributed by atoms with van der Waals surface area (Å²) in [6.45, 7) is 3.04. The number of halogens is 2. The molecule has 4 nitrogen and oxygen atoms in total. The zero-order valence-corrected chi connectivity index (χ0v) is 22.6. The van der Waals surface area contributed by atoms with E-state index in [4.69, 9.17) is 0 Å². The van der Waals surface area contributed by atoms with Gasteiger partial charge >= 0.3 is 0 Å². The van der Waals surface area contributed by atoms with E-state index in [0.29, 0.717) is 18.5 Å². The third-order valence-electron chi connectivity index (χ3n) is 7.59. The number of nitrogens with zero attached hydrogens (tertiary/aromatic N) is 2. The van der Waals surface area contributed by atoms with Crippen LogP contribution in [0.25, 0.3) is 0 Å². The van der Waals surface area contributed by atoms with Crippen molar-refractivity contribution in [3.05, 3.63) is 101 Å². The van der Waals surface area contributed by atoms with Crippen molar-refractivity contribution in [1.29, 1.82) is 0 Å². The number of thioether (sulfide) groups is 1. The van der Waals surface area contributed by atoms with Crippen molar-refractivity contribution < 1.29 is 14.0 Å². The van der Waals surface area contributed by atoms with Gasteiger partial charge in [-0.25, -0.2) is 4.39 Å². The molecule has 0 aliphatic carbocycles. The van der Waals surface area contributed by atoms with Crippen LogP contribution in [0.5, 0.6) is 0 Å². The van der Waals surface area contributed by atoms with Gasteiger partial charge in [0.05, 0.1) is 0 Å². The molecule has 2 heterocycles. The largest absolute Gasteiger partial charge is 0.309 e. The van der Waals surface area contributed by atoms with E-state index in [1.54, 1.807) is 23.9 Å². The first-order valence-electron chi connectivity index (χ1n) is 12.5. The van der Waals surface area contributed by atoms with E-state index in [9.17, 15) is 14.0 Å². The van der Waals surface area contributed by atoms with Crippen molar-refractivity contribution in [2.75, 3.05) is 37.3 Å². The number of hydrogen-bond donors (Lipinski definition) is 0. The van der Waals surface area contributed by atoms with Crippen LogP contribution in [0.15, 0.2) is 78.9 Å². The van der Waals surface area contributed by atoms with Crippen molar-refractivity contribution in [1.82, 2.24) is 4.90 Å². The van der Waals surface area contributed by atoms with Crippen molar-refractivity contribution >= 4 is 41.5 Å². The van der Waals surface area contributed by atoms with Crippen LogP contribution in [0, 0.1) is 11.7 Å². The summed E-state index contributed by atoms with van der Waals surface area (Å²) in [4.78, 5) is 31.1.